The highest BCUT2D eigenvalue weighted by atomic mass is 19.3. The highest BCUT2D eigenvalue weighted by Crippen LogP contribution is 1.98. The molecule has 1 aromatic rings. The lowest BCUT2D eigenvalue weighted by Gasteiger charge is -2.12. The highest BCUT2D eigenvalue weighted by molar-refractivity contribution is 5.81. The number of nitrogens with one attached hydrogen (secondary N) is 2. The minimum absolute atomic E-state index is 0.256. The maximum Gasteiger partial charge on any atom is 0.250 e. The predicted molar refractivity (Wildman–Crippen MR) is 54.0 cm³/mol. The van der Waals surface area contributed by atoms with Gasteiger partial charge in [-0.1, -0.05) is 0 Å². The Morgan fingerprint density at radius 1 is 1.56 bits per heavy atom. The minimum atomic E-state index is -2.46. The number of amides is 1. The Balaban J connectivity index is 2.23. The lowest BCUT2D eigenvalue weighted by Crippen LogP contribution is -2.43. The standard InChI is InChI=1S/C10H14F2N2O2/c1-7(13-6-9(11)12)10(15)14-5-8-3-2-4-16-8/h2-4,7,9,13H,5-6H2,1H3,(H,14,15). The van der Waals surface area contributed by atoms with E-state index in [1.54, 1.807) is 12.1 Å². The first kappa shape index (κ1) is 12.6. The summed E-state index contributed by atoms with van der Waals surface area (Å²) in [4.78, 5) is 11.4. The Bertz CT molecular complexity index is 315. The summed E-state index contributed by atoms with van der Waals surface area (Å²) >= 11 is 0. The molecule has 1 unspecified atom stereocenters. The molecule has 0 aromatic carbocycles. The van der Waals surface area contributed by atoms with E-state index in [1.165, 1.54) is 13.2 Å². The largest absolute Gasteiger partial charge is 0.467 e. The van der Waals surface area contributed by atoms with Crippen LogP contribution in [0.25, 0.3) is 0 Å². The molecule has 0 spiro atoms. The van der Waals surface area contributed by atoms with Gasteiger partial charge in [0.1, 0.15) is 5.76 Å². The van der Waals surface area contributed by atoms with Crippen molar-refractivity contribution in [2.45, 2.75) is 25.9 Å². The molecule has 4 nitrogen and oxygen atoms in total. The number of rotatable bonds is 6. The molecule has 1 atom stereocenters. The highest BCUT2D eigenvalue weighted by Gasteiger charge is 2.14. The van der Waals surface area contributed by atoms with Crippen LogP contribution in [-0.4, -0.2) is 24.9 Å². The van der Waals surface area contributed by atoms with Crippen molar-refractivity contribution in [2.75, 3.05) is 6.54 Å². The summed E-state index contributed by atoms with van der Waals surface area (Å²) in [6.07, 6.45) is -0.958. The number of furan rings is 1. The van der Waals surface area contributed by atoms with E-state index in [0.29, 0.717) is 5.76 Å². The first-order valence-corrected chi connectivity index (χ1v) is 4.91. The third-order valence-corrected chi connectivity index (χ3v) is 1.99. The number of carbonyl (C=O) groups is 1. The zero-order valence-corrected chi connectivity index (χ0v) is 8.87. The lowest BCUT2D eigenvalue weighted by atomic mass is 10.3. The third-order valence-electron chi connectivity index (χ3n) is 1.99. The predicted octanol–water partition coefficient (Wildman–Crippen LogP) is 1.14. The van der Waals surface area contributed by atoms with Gasteiger partial charge in [-0.05, 0) is 19.1 Å². The van der Waals surface area contributed by atoms with Crippen LogP contribution in [-0.2, 0) is 11.3 Å². The monoisotopic (exact) mass is 232 g/mol. The lowest BCUT2D eigenvalue weighted by molar-refractivity contribution is -0.123. The van der Waals surface area contributed by atoms with E-state index in [0.717, 1.165) is 0 Å². The fourth-order valence-electron chi connectivity index (χ4n) is 1.10. The summed E-state index contributed by atoms with van der Waals surface area (Å²) in [7, 11) is 0. The molecule has 0 aliphatic heterocycles. The zero-order chi connectivity index (χ0) is 12.0. The first-order valence-electron chi connectivity index (χ1n) is 4.91. The molecule has 0 fully saturated rings. The van der Waals surface area contributed by atoms with Crippen molar-refractivity contribution in [1.82, 2.24) is 10.6 Å². The third kappa shape index (κ3) is 4.39. The SMILES string of the molecule is CC(NCC(F)F)C(=O)NCc1ccco1. The molecule has 0 saturated heterocycles. The van der Waals surface area contributed by atoms with Gasteiger partial charge >= 0.3 is 0 Å². The van der Waals surface area contributed by atoms with E-state index in [1.807, 2.05) is 0 Å². The molecule has 16 heavy (non-hydrogen) atoms. The summed E-state index contributed by atoms with van der Waals surface area (Å²) in [5.74, 6) is 0.284. The molecular formula is C10H14F2N2O2. The van der Waals surface area contributed by atoms with Gasteiger partial charge in [-0.25, -0.2) is 8.78 Å². The molecule has 0 aliphatic carbocycles. The van der Waals surface area contributed by atoms with Crippen LogP contribution in [0.5, 0.6) is 0 Å². The molecule has 1 aromatic heterocycles. The van der Waals surface area contributed by atoms with Crippen LogP contribution in [0.1, 0.15) is 12.7 Å². The second-order valence-corrected chi connectivity index (χ2v) is 3.32. The molecule has 0 saturated carbocycles. The van der Waals surface area contributed by atoms with Gasteiger partial charge in [-0.15, -0.1) is 0 Å². The first-order chi connectivity index (χ1) is 7.59. The van der Waals surface area contributed by atoms with Crippen LogP contribution < -0.4 is 10.6 Å². The van der Waals surface area contributed by atoms with Gasteiger partial charge in [0.25, 0.3) is 6.43 Å². The molecule has 0 aliphatic rings. The second-order valence-electron chi connectivity index (χ2n) is 3.32. The normalized spacial score (nSPS) is 12.8. The number of halogens is 2. The maximum absolute atomic E-state index is 11.9. The Labute approximate surface area is 92.0 Å². The fourth-order valence-corrected chi connectivity index (χ4v) is 1.10. The van der Waals surface area contributed by atoms with Crippen molar-refractivity contribution in [1.29, 1.82) is 0 Å². The van der Waals surface area contributed by atoms with E-state index in [9.17, 15) is 13.6 Å². The van der Waals surface area contributed by atoms with Crippen LogP contribution in [0.2, 0.25) is 0 Å². The number of carbonyl (C=O) groups excluding carboxylic acids is 1. The van der Waals surface area contributed by atoms with Crippen molar-refractivity contribution in [3.05, 3.63) is 24.2 Å². The van der Waals surface area contributed by atoms with Crippen LogP contribution in [0.3, 0.4) is 0 Å². The van der Waals surface area contributed by atoms with Crippen LogP contribution in [0.4, 0.5) is 8.78 Å². The molecule has 1 heterocycles. The average Bonchev–Trinajstić information content (AvgIpc) is 2.75. The van der Waals surface area contributed by atoms with Gasteiger partial charge < -0.3 is 15.1 Å². The second kappa shape index (κ2) is 6.22. The Kier molecular flexibility index (Phi) is 4.91. The van der Waals surface area contributed by atoms with E-state index in [-0.39, 0.29) is 12.5 Å². The smallest absolute Gasteiger partial charge is 0.250 e. The summed E-state index contributed by atoms with van der Waals surface area (Å²) in [5, 5.41) is 4.99. The Morgan fingerprint density at radius 3 is 2.88 bits per heavy atom. The van der Waals surface area contributed by atoms with Crippen LogP contribution >= 0.6 is 0 Å². The molecule has 1 amide bonds. The van der Waals surface area contributed by atoms with Crippen molar-refractivity contribution >= 4 is 5.91 Å². The number of hydrogen-bond donors (Lipinski definition) is 2. The molecule has 6 heteroatoms. The summed E-state index contributed by atoms with van der Waals surface area (Å²) < 4.78 is 28.7. The summed E-state index contributed by atoms with van der Waals surface area (Å²) in [6, 6.07) is 2.78. The van der Waals surface area contributed by atoms with Gasteiger partial charge in [-0.2, -0.15) is 0 Å². The topological polar surface area (TPSA) is 54.3 Å². The van der Waals surface area contributed by atoms with Crippen molar-refractivity contribution in [2.24, 2.45) is 0 Å². The Hall–Kier alpha value is -1.43. The Morgan fingerprint density at radius 2 is 2.31 bits per heavy atom. The number of hydrogen-bond acceptors (Lipinski definition) is 3. The molecule has 0 radical (unpaired) electrons. The van der Waals surface area contributed by atoms with Gasteiger partial charge in [0.05, 0.1) is 25.4 Å². The van der Waals surface area contributed by atoms with Crippen molar-refractivity contribution in [3.8, 4) is 0 Å². The number of alkyl halides is 2. The quantitative estimate of drug-likeness (QED) is 0.773. The molecular weight excluding hydrogens is 218 g/mol. The maximum atomic E-state index is 11.9. The van der Waals surface area contributed by atoms with Crippen LogP contribution in [0, 0.1) is 0 Å². The summed E-state index contributed by atoms with van der Waals surface area (Å²) in [6.45, 7) is 1.29. The fraction of sp³-hybridized carbons (Fsp3) is 0.500. The van der Waals surface area contributed by atoms with Gasteiger partial charge in [0, 0.05) is 0 Å². The van der Waals surface area contributed by atoms with Gasteiger partial charge in [0.15, 0.2) is 0 Å². The van der Waals surface area contributed by atoms with E-state index < -0.39 is 19.0 Å². The van der Waals surface area contributed by atoms with E-state index >= 15 is 0 Å². The van der Waals surface area contributed by atoms with Gasteiger partial charge in [0.2, 0.25) is 5.91 Å². The summed E-state index contributed by atoms with van der Waals surface area (Å²) in [5.41, 5.74) is 0. The molecule has 1 rings (SSSR count). The van der Waals surface area contributed by atoms with Gasteiger partial charge in [-0.3, -0.25) is 4.79 Å². The molecule has 2 N–H and O–H groups in total. The van der Waals surface area contributed by atoms with E-state index in [4.69, 9.17) is 4.42 Å². The van der Waals surface area contributed by atoms with Crippen molar-refractivity contribution < 1.29 is 18.0 Å². The van der Waals surface area contributed by atoms with Crippen molar-refractivity contribution in [3.63, 3.8) is 0 Å². The minimum Gasteiger partial charge on any atom is -0.467 e. The van der Waals surface area contributed by atoms with Crippen LogP contribution in [0.15, 0.2) is 22.8 Å². The molecule has 90 valence electrons. The average molecular weight is 232 g/mol. The molecule has 0 bridgehead atoms. The van der Waals surface area contributed by atoms with E-state index in [2.05, 4.69) is 10.6 Å². The zero-order valence-electron chi connectivity index (χ0n) is 8.87.